The highest BCUT2D eigenvalue weighted by Gasteiger charge is 2.37. The molecule has 0 bridgehead atoms. The average Bonchev–Trinajstić information content (AvgIpc) is 3.78. The second-order valence-electron chi connectivity index (χ2n) is 15.9. The van der Waals surface area contributed by atoms with Crippen molar-refractivity contribution in [2.45, 2.75) is 19.3 Å². The minimum Gasteiger partial charge on any atom is -0.456 e. The Labute approximate surface area is 335 Å². The number of benzene rings is 9. The Morgan fingerprint density at radius 3 is 1.83 bits per heavy atom. The Balaban J connectivity index is 1.12. The summed E-state index contributed by atoms with van der Waals surface area (Å²) in [6.45, 7) is 4.63. The number of aromatic nitrogens is 3. The Morgan fingerprint density at radius 2 is 0.983 bits per heavy atom. The van der Waals surface area contributed by atoms with Crippen LogP contribution in [-0.4, -0.2) is 15.0 Å². The molecule has 9 aromatic carbocycles. The molecule has 12 rings (SSSR count). The molecule has 2 heterocycles. The van der Waals surface area contributed by atoms with E-state index in [-0.39, 0.29) is 5.41 Å². The molecule has 1 aliphatic rings. The third-order valence-electron chi connectivity index (χ3n) is 12.3. The molecule has 4 nitrogen and oxygen atoms in total. The molecular weight excluding hydrogens is 707 g/mol. The van der Waals surface area contributed by atoms with E-state index in [4.69, 9.17) is 19.4 Å². The zero-order valence-corrected chi connectivity index (χ0v) is 32.0. The average molecular weight is 742 g/mol. The van der Waals surface area contributed by atoms with Gasteiger partial charge in [-0.15, -0.1) is 0 Å². The van der Waals surface area contributed by atoms with Crippen LogP contribution in [0.2, 0.25) is 0 Å². The van der Waals surface area contributed by atoms with E-state index in [9.17, 15) is 0 Å². The lowest BCUT2D eigenvalue weighted by atomic mass is 9.82. The van der Waals surface area contributed by atoms with E-state index in [0.29, 0.717) is 17.5 Å². The van der Waals surface area contributed by atoms with E-state index < -0.39 is 0 Å². The predicted octanol–water partition coefficient (Wildman–Crippen LogP) is 14.2. The molecule has 0 saturated heterocycles. The van der Waals surface area contributed by atoms with Gasteiger partial charge in [-0.25, -0.2) is 15.0 Å². The van der Waals surface area contributed by atoms with Gasteiger partial charge >= 0.3 is 0 Å². The molecule has 0 unspecified atom stereocenters. The maximum Gasteiger partial charge on any atom is 0.164 e. The molecule has 0 spiro atoms. The van der Waals surface area contributed by atoms with Crippen LogP contribution < -0.4 is 0 Å². The van der Waals surface area contributed by atoms with E-state index in [1.54, 1.807) is 0 Å². The Kier molecular flexibility index (Phi) is 6.94. The molecule has 0 aliphatic heterocycles. The normalized spacial score (nSPS) is 13.1. The molecule has 0 atom stereocenters. The Morgan fingerprint density at radius 1 is 0.379 bits per heavy atom. The third-order valence-corrected chi connectivity index (χ3v) is 12.3. The first-order valence-corrected chi connectivity index (χ1v) is 19.9. The van der Waals surface area contributed by atoms with Crippen LogP contribution in [-0.2, 0) is 5.41 Å². The van der Waals surface area contributed by atoms with Gasteiger partial charge in [0.15, 0.2) is 17.5 Å². The van der Waals surface area contributed by atoms with Crippen molar-refractivity contribution < 1.29 is 4.42 Å². The van der Waals surface area contributed by atoms with Gasteiger partial charge in [-0.1, -0.05) is 172 Å². The first kappa shape index (κ1) is 32.8. The number of nitrogens with zero attached hydrogens (tertiary/aromatic N) is 3. The molecule has 0 amide bonds. The molecule has 0 radical (unpaired) electrons. The summed E-state index contributed by atoms with van der Waals surface area (Å²) in [4.78, 5) is 15.9. The molecule has 2 aromatic heterocycles. The van der Waals surface area contributed by atoms with Crippen molar-refractivity contribution >= 4 is 54.3 Å². The molecule has 1 aliphatic carbocycles. The monoisotopic (exact) mass is 741 g/mol. The first-order chi connectivity index (χ1) is 28.5. The summed E-state index contributed by atoms with van der Waals surface area (Å²) in [6, 6.07) is 62.4. The summed E-state index contributed by atoms with van der Waals surface area (Å²) in [5, 5.41) is 9.34. The number of fused-ring (bicyclic) bond motifs is 12. The molecule has 0 saturated carbocycles. The Bertz CT molecular complexity index is 3470. The SMILES string of the molecule is CC1(C)c2ccccc2-c2c1ccc1oc3cccc(-c4nc(-c5ccc(-c6ccccc6)cc5)nc(-c5ccc6ccc7ccc8ccccc8c7c6c5)n4)c3c21. The second-order valence-corrected chi connectivity index (χ2v) is 15.9. The molecule has 4 heteroatoms. The van der Waals surface area contributed by atoms with Crippen LogP contribution in [0.15, 0.2) is 180 Å². The molecule has 58 heavy (non-hydrogen) atoms. The van der Waals surface area contributed by atoms with Crippen LogP contribution in [0.1, 0.15) is 25.0 Å². The molecular formula is C54H35N3O. The van der Waals surface area contributed by atoms with Gasteiger partial charge < -0.3 is 4.42 Å². The number of furan rings is 1. The fraction of sp³-hybridized carbons (Fsp3) is 0.0556. The molecule has 272 valence electrons. The highest BCUT2D eigenvalue weighted by Crippen LogP contribution is 2.53. The number of rotatable bonds is 4. The second kappa shape index (κ2) is 12.3. The van der Waals surface area contributed by atoms with Crippen molar-refractivity contribution in [2.75, 3.05) is 0 Å². The van der Waals surface area contributed by atoms with Crippen LogP contribution in [0.25, 0.3) is 111 Å². The van der Waals surface area contributed by atoms with Crippen molar-refractivity contribution in [1.82, 2.24) is 15.0 Å². The van der Waals surface area contributed by atoms with Gasteiger partial charge in [0.2, 0.25) is 0 Å². The quantitative estimate of drug-likeness (QED) is 0.169. The van der Waals surface area contributed by atoms with Gasteiger partial charge in [0, 0.05) is 32.9 Å². The minimum absolute atomic E-state index is 0.149. The minimum atomic E-state index is -0.149. The Hall–Kier alpha value is -7.43. The van der Waals surface area contributed by atoms with Gasteiger partial charge in [-0.05, 0) is 83.9 Å². The van der Waals surface area contributed by atoms with Gasteiger partial charge in [0.1, 0.15) is 11.2 Å². The van der Waals surface area contributed by atoms with Crippen molar-refractivity contribution in [3.8, 4) is 56.4 Å². The summed E-state index contributed by atoms with van der Waals surface area (Å²) >= 11 is 0. The largest absolute Gasteiger partial charge is 0.456 e. The highest BCUT2D eigenvalue weighted by atomic mass is 16.3. The third kappa shape index (κ3) is 4.85. The van der Waals surface area contributed by atoms with Gasteiger partial charge in [-0.3, -0.25) is 0 Å². The van der Waals surface area contributed by atoms with Gasteiger partial charge in [0.25, 0.3) is 0 Å². The fourth-order valence-corrected chi connectivity index (χ4v) is 9.45. The first-order valence-electron chi connectivity index (χ1n) is 19.9. The summed E-state index contributed by atoms with van der Waals surface area (Å²) in [7, 11) is 0. The van der Waals surface area contributed by atoms with Crippen LogP contribution >= 0.6 is 0 Å². The van der Waals surface area contributed by atoms with Crippen LogP contribution in [0, 0.1) is 0 Å². The molecule has 11 aromatic rings. The maximum absolute atomic E-state index is 6.66. The zero-order chi connectivity index (χ0) is 38.5. The van der Waals surface area contributed by atoms with Crippen molar-refractivity contribution in [3.05, 3.63) is 187 Å². The number of hydrogen-bond acceptors (Lipinski definition) is 4. The summed E-state index contributed by atoms with van der Waals surface area (Å²) in [5.41, 5.74) is 11.7. The lowest BCUT2D eigenvalue weighted by Crippen LogP contribution is -2.14. The summed E-state index contributed by atoms with van der Waals surface area (Å²) in [5.74, 6) is 1.84. The van der Waals surface area contributed by atoms with Crippen molar-refractivity contribution in [1.29, 1.82) is 0 Å². The van der Waals surface area contributed by atoms with Crippen LogP contribution in [0.4, 0.5) is 0 Å². The smallest absolute Gasteiger partial charge is 0.164 e. The molecule has 0 N–H and O–H groups in total. The maximum atomic E-state index is 6.66. The van der Waals surface area contributed by atoms with E-state index in [1.807, 2.05) is 12.1 Å². The van der Waals surface area contributed by atoms with Gasteiger partial charge in [0.05, 0.1) is 0 Å². The van der Waals surface area contributed by atoms with Crippen LogP contribution in [0.5, 0.6) is 0 Å². The lowest BCUT2D eigenvalue weighted by molar-refractivity contribution is 0.656. The van der Waals surface area contributed by atoms with Gasteiger partial charge in [-0.2, -0.15) is 0 Å². The molecule has 0 fully saturated rings. The predicted molar refractivity (Wildman–Crippen MR) is 239 cm³/mol. The fourth-order valence-electron chi connectivity index (χ4n) is 9.45. The van der Waals surface area contributed by atoms with E-state index in [2.05, 4.69) is 178 Å². The summed E-state index contributed by atoms with van der Waals surface area (Å²) < 4.78 is 6.66. The van der Waals surface area contributed by atoms with E-state index in [0.717, 1.165) is 49.8 Å². The highest BCUT2D eigenvalue weighted by molar-refractivity contribution is 6.21. The van der Waals surface area contributed by atoms with Crippen molar-refractivity contribution in [3.63, 3.8) is 0 Å². The van der Waals surface area contributed by atoms with E-state index in [1.165, 1.54) is 54.6 Å². The number of hydrogen-bond donors (Lipinski definition) is 0. The summed E-state index contributed by atoms with van der Waals surface area (Å²) in [6.07, 6.45) is 0. The zero-order valence-electron chi connectivity index (χ0n) is 32.0. The standard InChI is InChI=1S/C54H35N3O/c1-54(2)43-17-9-8-15-40(43)48-44(54)29-30-46-50(48)49-41(16-10-18-45(49)58-46)53-56-51(37-26-19-33(20-27-37)32-11-4-3-5-12-32)55-52(57-53)38-28-23-35-22-25-36-24-21-34-13-6-7-14-39(34)47(36)42(35)31-38/h3-31H,1-2H3. The van der Waals surface area contributed by atoms with Crippen molar-refractivity contribution in [2.24, 2.45) is 0 Å². The lowest BCUT2D eigenvalue weighted by Gasteiger charge is -2.21. The van der Waals surface area contributed by atoms with Crippen LogP contribution in [0.3, 0.4) is 0 Å². The van der Waals surface area contributed by atoms with E-state index >= 15 is 0 Å². The topological polar surface area (TPSA) is 51.8 Å².